The van der Waals surface area contributed by atoms with Gasteiger partial charge in [0.1, 0.15) is 18.2 Å². The number of hydrogen-bond donors (Lipinski definition) is 2. The molecule has 0 atom stereocenters. The minimum absolute atomic E-state index is 0.221. The number of nitrogens with one attached hydrogen (secondary N) is 2. The SMILES string of the molecule is O=C(NCCOc1ccc2c(c1)CCCC2)NCCc1ccc(F)cc1. The van der Waals surface area contributed by atoms with Crippen LogP contribution in [0.5, 0.6) is 5.75 Å². The molecule has 0 aliphatic heterocycles. The first-order chi connectivity index (χ1) is 12.7. The minimum Gasteiger partial charge on any atom is -0.492 e. The Balaban J connectivity index is 1.30. The highest BCUT2D eigenvalue weighted by molar-refractivity contribution is 5.73. The number of amides is 2. The van der Waals surface area contributed by atoms with Gasteiger partial charge in [0.15, 0.2) is 0 Å². The maximum Gasteiger partial charge on any atom is 0.314 e. The molecule has 0 heterocycles. The van der Waals surface area contributed by atoms with Gasteiger partial charge in [-0.1, -0.05) is 18.2 Å². The van der Waals surface area contributed by atoms with E-state index < -0.39 is 0 Å². The van der Waals surface area contributed by atoms with Gasteiger partial charge in [-0.25, -0.2) is 9.18 Å². The summed E-state index contributed by atoms with van der Waals surface area (Å²) in [5.74, 6) is 0.613. The Kier molecular flexibility index (Phi) is 6.47. The van der Waals surface area contributed by atoms with E-state index in [4.69, 9.17) is 4.74 Å². The Morgan fingerprint density at radius 2 is 1.69 bits per heavy atom. The molecule has 0 bridgehead atoms. The first-order valence-electron chi connectivity index (χ1n) is 9.21. The molecular formula is C21H25FN2O2. The average molecular weight is 356 g/mol. The van der Waals surface area contributed by atoms with Crippen molar-refractivity contribution in [3.63, 3.8) is 0 Å². The van der Waals surface area contributed by atoms with Crippen molar-refractivity contribution in [3.05, 3.63) is 65.0 Å². The maximum atomic E-state index is 12.8. The number of rotatable bonds is 7. The number of ether oxygens (including phenoxy) is 1. The van der Waals surface area contributed by atoms with Crippen LogP contribution >= 0.6 is 0 Å². The third kappa shape index (κ3) is 5.48. The topological polar surface area (TPSA) is 50.4 Å². The number of aryl methyl sites for hydroxylation is 2. The molecular weight excluding hydrogens is 331 g/mol. The lowest BCUT2D eigenvalue weighted by atomic mass is 9.92. The molecule has 0 spiro atoms. The Morgan fingerprint density at radius 1 is 0.962 bits per heavy atom. The maximum absolute atomic E-state index is 12.8. The van der Waals surface area contributed by atoms with Gasteiger partial charge in [0.25, 0.3) is 0 Å². The van der Waals surface area contributed by atoms with Gasteiger partial charge >= 0.3 is 6.03 Å². The van der Waals surface area contributed by atoms with Crippen molar-refractivity contribution in [2.75, 3.05) is 19.7 Å². The van der Waals surface area contributed by atoms with Crippen molar-refractivity contribution in [2.45, 2.75) is 32.1 Å². The lowest BCUT2D eigenvalue weighted by molar-refractivity contribution is 0.236. The normalized spacial score (nSPS) is 13.0. The molecule has 2 aromatic rings. The summed E-state index contributed by atoms with van der Waals surface area (Å²) < 4.78 is 18.6. The second-order valence-electron chi connectivity index (χ2n) is 6.55. The number of carbonyl (C=O) groups is 1. The van der Waals surface area contributed by atoms with Crippen molar-refractivity contribution in [2.24, 2.45) is 0 Å². The summed E-state index contributed by atoms with van der Waals surface area (Å²) in [6.45, 7) is 1.38. The molecule has 2 amide bonds. The average Bonchev–Trinajstić information content (AvgIpc) is 2.67. The lowest BCUT2D eigenvalue weighted by Gasteiger charge is -2.17. The molecule has 138 valence electrons. The van der Waals surface area contributed by atoms with Crippen molar-refractivity contribution in [3.8, 4) is 5.75 Å². The van der Waals surface area contributed by atoms with Gasteiger partial charge in [0, 0.05) is 6.54 Å². The molecule has 0 saturated heterocycles. The predicted molar refractivity (Wildman–Crippen MR) is 100 cm³/mol. The smallest absolute Gasteiger partial charge is 0.314 e. The van der Waals surface area contributed by atoms with Crippen LogP contribution in [0.15, 0.2) is 42.5 Å². The molecule has 4 nitrogen and oxygen atoms in total. The molecule has 0 radical (unpaired) electrons. The molecule has 26 heavy (non-hydrogen) atoms. The highest BCUT2D eigenvalue weighted by Gasteiger charge is 2.09. The van der Waals surface area contributed by atoms with Gasteiger partial charge in [-0.3, -0.25) is 0 Å². The summed E-state index contributed by atoms with van der Waals surface area (Å²) in [6.07, 6.45) is 5.47. The van der Waals surface area contributed by atoms with Crippen LogP contribution < -0.4 is 15.4 Å². The monoisotopic (exact) mass is 356 g/mol. The zero-order chi connectivity index (χ0) is 18.2. The number of halogens is 1. The van der Waals surface area contributed by atoms with Gasteiger partial charge in [0.05, 0.1) is 6.54 Å². The largest absolute Gasteiger partial charge is 0.492 e. The quantitative estimate of drug-likeness (QED) is 0.745. The standard InChI is InChI=1S/C21H25FN2O2/c22-19-8-5-16(6-9-19)11-12-23-21(25)24-13-14-26-20-10-7-17-3-1-2-4-18(17)15-20/h5-10,15H,1-4,11-14H2,(H2,23,24,25). The summed E-state index contributed by atoms with van der Waals surface area (Å²) in [6, 6.07) is 12.4. The molecule has 0 aromatic heterocycles. The van der Waals surface area contributed by atoms with E-state index in [1.54, 1.807) is 12.1 Å². The van der Waals surface area contributed by atoms with Crippen LogP contribution in [0.1, 0.15) is 29.5 Å². The Labute approximate surface area is 153 Å². The summed E-state index contributed by atoms with van der Waals surface area (Å²) in [5.41, 5.74) is 3.81. The first-order valence-corrected chi connectivity index (χ1v) is 9.21. The molecule has 5 heteroatoms. The summed E-state index contributed by atoms with van der Waals surface area (Å²) >= 11 is 0. The third-order valence-corrected chi connectivity index (χ3v) is 4.59. The second kappa shape index (κ2) is 9.22. The van der Waals surface area contributed by atoms with Crippen LogP contribution in [0.3, 0.4) is 0 Å². The van der Waals surface area contributed by atoms with Crippen LogP contribution in [-0.4, -0.2) is 25.7 Å². The number of benzene rings is 2. The van der Waals surface area contributed by atoms with E-state index in [9.17, 15) is 9.18 Å². The van der Waals surface area contributed by atoms with Crippen molar-refractivity contribution in [1.82, 2.24) is 10.6 Å². The van der Waals surface area contributed by atoms with E-state index in [0.717, 1.165) is 24.2 Å². The van der Waals surface area contributed by atoms with Crippen LogP contribution in [0, 0.1) is 5.82 Å². The first kappa shape index (κ1) is 18.2. The van der Waals surface area contributed by atoms with E-state index in [1.807, 2.05) is 6.07 Å². The summed E-state index contributed by atoms with van der Waals surface area (Å²) in [5, 5.41) is 5.56. The Morgan fingerprint density at radius 3 is 2.50 bits per heavy atom. The number of carbonyl (C=O) groups excluding carboxylic acids is 1. The van der Waals surface area contributed by atoms with Gasteiger partial charge in [-0.15, -0.1) is 0 Å². The van der Waals surface area contributed by atoms with Gasteiger partial charge in [-0.05, 0) is 73.1 Å². The fourth-order valence-corrected chi connectivity index (χ4v) is 3.17. The lowest BCUT2D eigenvalue weighted by Crippen LogP contribution is -2.38. The molecule has 0 unspecified atom stereocenters. The van der Waals surface area contributed by atoms with Gasteiger partial charge < -0.3 is 15.4 Å². The second-order valence-corrected chi connectivity index (χ2v) is 6.55. The molecule has 2 aromatic carbocycles. The van der Waals surface area contributed by atoms with Crippen LogP contribution in [0.25, 0.3) is 0 Å². The van der Waals surface area contributed by atoms with Crippen LogP contribution in [0.2, 0.25) is 0 Å². The van der Waals surface area contributed by atoms with E-state index in [1.165, 1.54) is 36.1 Å². The summed E-state index contributed by atoms with van der Waals surface area (Å²) in [4.78, 5) is 11.8. The highest BCUT2D eigenvalue weighted by Crippen LogP contribution is 2.25. The minimum atomic E-state index is -0.252. The fraction of sp³-hybridized carbons (Fsp3) is 0.381. The van der Waals surface area contributed by atoms with Crippen molar-refractivity contribution in [1.29, 1.82) is 0 Å². The van der Waals surface area contributed by atoms with Crippen molar-refractivity contribution >= 4 is 6.03 Å². The number of fused-ring (bicyclic) bond motifs is 1. The van der Waals surface area contributed by atoms with E-state index in [-0.39, 0.29) is 11.8 Å². The van der Waals surface area contributed by atoms with Gasteiger partial charge in [0.2, 0.25) is 0 Å². The van der Waals surface area contributed by atoms with E-state index in [0.29, 0.717) is 26.1 Å². The summed E-state index contributed by atoms with van der Waals surface area (Å²) in [7, 11) is 0. The number of hydrogen-bond acceptors (Lipinski definition) is 2. The van der Waals surface area contributed by atoms with E-state index >= 15 is 0 Å². The van der Waals surface area contributed by atoms with Crippen molar-refractivity contribution < 1.29 is 13.9 Å². The fourth-order valence-electron chi connectivity index (χ4n) is 3.17. The van der Waals surface area contributed by atoms with Crippen LogP contribution in [-0.2, 0) is 19.3 Å². The van der Waals surface area contributed by atoms with E-state index in [2.05, 4.69) is 22.8 Å². The van der Waals surface area contributed by atoms with Crippen LogP contribution in [0.4, 0.5) is 9.18 Å². The molecule has 0 saturated carbocycles. The number of urea groups is 1. The third-order valence-electron chi connectivity index (χ3n) is 4.59. The predicted octanol–water partition coefficient (Wildman–Crippen LogP) is 3.63. The molecule has 3 rings (SSSR count). The molecule has 1 aliphatic rings. The molecule has 1 aliphatic carbocycles. The molecule has 2 N–H and O–H groups in total. The Bertz CT molecular complexity index is 731. The van der Waals surface area contributed by atoms with Gasteiger partial charge in [-0.2, -0.15) is 0 Å². The highest BCUT2D eigenvalue weighted by atomic mass is 19.1. The Hall–Kier alpha value is -2.56. The zero-order valence-corrected chi connectivity index (χ0v) is 14.9. The molecule has 0 fully saturated rings. The zero-order valence-electron chi connectivity index (χ0n) is 14.9.